The van der Waals surface area contributed by atoms with Crippen molar-refractivity contribution in [1.29, 1.82) is 0 Å². The number of piperidine rings is 1. The highest BCUT2D eigenvalue weighted by Crippen LogP contribution is 2.15. The van der Waals surface area contributed by atoms with Crippen LogP contribution >= 0.6 is 11.6 Å². The molecule has 0 spiro atoms. The van der Waals surface area contributed by atoms with Gasteiger partial charge in [-0.25, -0.2) is 4.98 Å². The smallest absolute Gasteiger partial charge is 0.129 e. The first kappa shape index (κ1) is 13.8. The van der Waals surface area contributed by atoms with Crippen molar-refractivity contribution in [2.75, 3.05) is 26.2 Å². The Labute approximate surface area is 115 Å². The molecule has 1 aromatic rings. The van der Waals surface area contributed by atoms with Crippen LogP contribution in [-0.2, 0) is 6.54 Å². The van der Waals surface area contributed by atoms with Crippen molar-refractivity contribution in [2.24, 2.45) is 5.92 Å². The van der Waals surface area contributed by atoms with Crippen LogP contribution in [0.1, 0.15) is 25.3 Å². The summed E-state index contributed by atoms with van der Waals surface area (Å²) in [6.45, 7) is 7.78. The number of rotatable bonds is 5. The van der Waals surface area contributed by atoms with E-state index in [2.05, 4.69) is 22.1 Å². The van der Waals surface area contributed by atoms with E-state index >= 15 is 0 Å². The van der Waals surface area contributed by atoms with Gasteiger partial charge in [0.1, 0.15) is 5.15 Å². The maximum atomic E-state index is 5.92. The lowest BCUT2D eigenvalue weighted by Crippen LogP contribution is -2.38. The molecule has 1 N–H and O–H groups in total. The molecule has 1 aliphatic rings. The predicted molar refractivity (Wildman–Crippen MR) is 75.8 cm³/mol. The molecule has 0 amide bonds. The van der Waals surface area contributed by atoms with E-state index in [1.807, 2.05) is 12.1 Å². The Kier molecular flexibility index (Phi) is 5.42. The predicted octanol–water partition coefficient (Wildman–Crippen LogP) is 2.56. The molecule has 4 heteroatoms. The van der Waals surface area contributed by atoms with Crippen LogP contribution in [0.15, 0.2) is 18.3 Å². The van der Waals surface area contributed by atoms with Gasteiger partial charge in [0.25, 0.3) is 0 Å². The summed E-state index contributed by atoms with van der Waals surface area (Å²) < 4.78 is 0. The van der Waals surface area contributed by atoms with Crippen LogP contribution < -0.4 is 5.32 Å². The number of nitrogens with zero attached hydrogens (tertiary/aromatic N) is 2. The fraction of sp³-hybridized carbons (Fsp3) is 0.643. The molecule has 1 aromatic heterocycles. The van der Waals surface area contributed by atoms with Crippen molar-refractivity contribution in [2.45, 2.75) is 26.3 Å². The van der Waals surface area contributed by atoms with Gasteiger partial charge in [0.15, 0.2) is 0 Å². The van der Waals surface area contributed by atoms with Gasteiger partial charge in [0.05, 0.1) is 0 Å². The Hall–Kier alpha value is -0.640. The molecule has 2 rings (SSSR count). The van der Waals surface area contributed by atoms with Crippen molar-refractivity contribution < 1.29 is 0 Å². The molecule has 1 fully saturated rings. The summed E-state index contributed by atoms with van der Waals surface area (Å²) in [6.07, 6.45) is 4.44. The van der Waals surface area contributed by atoms with E-state index in [4.69, 9.17) is 11.6 Å². The Morgan fingerprint density at radius 2 is 2.44 bits per heavy atom. The highest BCUT2D eigenvalue weighted by atomic mass is 35.5. The molecule has 0 aromatic carbocycles. The third-order valence-electron chi connectivity index (χ3n) is 3.56. The van der Waals surface area contributed by atoms with E-state index in [9.17, 15) is 0 Å². The van der Waals surface area contributed by atoms with E-state index in [-0.39, 0.29) is 0 Å². The quantitative estimate of drug-likeness (QED) is 0.831. The highest BCUT2D eigenvalue weighted by molar-refractivity contribution is 6.29. The van der Waals surface area contributed by atoms with Crippen molar-refractivity contribution in [3.63, 3.8) is 0 Å². The molecular formula is C14H22ClN3. The molecule has 18 heavy (non-hydrogen) atoms. The van der Waals surface area contributed by atoms with Crippen molar-refractivity contribution >= 4 is 11.6 Å². The lowest BCUT2D eigenvalue weighted by molar-refractivity contribution is 0.209. The summed E-state index contributed by atoms with van der Waals surface area (Å²) in [6, 6.07) is 4.01. The van der Waals surface area contributed by atoms with E-state index in [0.717, 1.165) is 25.6 Å². The molecule has 1 unspecified atom stereocenters. The third-order valence-corrected chi connectivity index (χ3v) is 3.77. The minimum Gasteiger partial charge on any atom is -0.316 e. The standard InChI is InChI=1S/C14H22ClN3/c1-2-18(11-13-4-3-6-16-9-13)10-12-5-7-17-14(15)8-12/h5,7-8,13,16H,2-4,6,9-11H2,1H3. The highest BCUT2D eigenvalue weighted by Gasteiger charge is 2.16. The number of hydrogen-bond acceptors (Lipinski definition) is 3. The molecule has 3 nitrogen and oxygen atoms in total. The van der Waals surface area contributed by atoms with Gasteiger partial charge in [0.2, 0.25) is 0 Å². The number of nitrogens with one attached hydrogen (secondary N) is 1. The summed E-state index contributed by atoms with van der Waals surface area (Å²) >= 11 is 5.92. The molecule has 0 aliphatic carbocycles. The summed E-state index contributed by atoms with van der Waals surface area (Å²) in [5.41, 5.74) is 1.25. The number of aromatic nitrogens is 1. The van der Waals surface area contributed by atoms with Gasteiger partial charge in [-0.05, 0) is 56.1 Å². The molecule has 1 aliphatic heterocycles. The van der Waals surface area contributed by atoms with Crippen LogP contribution in [0.5, 0.6) is 0 Å². The maximum absolute atomic E-state index is 5.92. The van der Waals surface area contributed by atoms with E-state index in [1.165, 1.54) is 31.5 Å². The van der Waals surface area contributed by atoms with Crippen molar-refractivity contribution in [3.05, 3.63) is 29.0 Å². The minimum atomic E-state index is 0.586. The molecule has 1 atom stereocenters. The van der Waals surface area contributed by atoms with Crippen molar-refractivity contribution in [1.82, 2.24) is 15.2 Å². The average molecular weight is 268 g/mol. The fourth-order valence-corrected chi connectivity index (χ4v) is 2.75. The summed E-state index contributed by atoms with van der Waals surface area (Å²) in [5.74, 6) is 0.788. The first-order valence-corrected chi connectivity index (χ1v) is 7.19. The van der Waals surface area contributed by atoms with Gasteiger partial charge in [-0.3, -0.25) is 4.90 Å². The minimum absolute atomic E-state index is 0.586. The van der Waals surface area contributed by atoms with Crippen LogP contribution in [0.4, 0.5) is 0 Å². The fourth-order valence-electron chi connectivity index (χ4n) is 2.55. The van der Waals surface area contributed by atoms with E-state index in [1.54, 1.807) is 6.20 Å². The van der Waals surface area contributed by atoms with Crippen LogP contribution in [0, 0.1) is 5.92 Å². The SMILES string of the molecule is CCN(Cc1ccnc(Cl)c1)CC1CCCNC1. The first-order chi connectivity index (χ1) is 8.78. The lowest BCUT2D eigenvalue weighted by Gasteiger charge is -2.29. The second kappa shape index (κ2) is 7.07. The zero-order valence-electron chi connectivity index (χ0n) is 11.0. The first-order valence-electron chi connectivity index (χ1n) is 6.81. The number of halogens is 1. The Bertz CT molecular complexity index is 364. The largest absolute Gasteiger partial charge is 0.316 e. The second-order valence-corrected chi connectivity index (χ2v) is 5.41. The van der Waals surface area contributed by atoms with E-state index < -0.39 is 0 Å². The molecule has 0 radical (unpaired) electrons. The van der Waals surface area contributed by atoms with Gasteiger partial charge in [-0.1, -0.05) is 18.5 Å². The molecule has 0 saturated carbocycles. The maximum Gasteiger partial charge on any atom is 0.129 e. The Morgan fingerprint density at radius 3 is 3.11 bits per heavy atom. The second-order valence-electron chi connectivity index (χ2n) is 5.03. The lowest BCUT2D eigenvalue weighted by atomic mass is 9.99. The molecule has 1 saturated heterocycles. The zero-order valence-corrected chi connectivity index (χ0v) is 11.8. The number of pyridine rings is 1. The van der Waals surface area contributed by atoms with Gasteiger partial charge >= 0.3 is 0 Å². The summed E-state index contributed by atoms with van der Waals surface area (Å²) in [5, 5.41) is 4.07. The average Bonchev–Trinajstić information content (AvgIpc) is 2.39. The monoisotopic (exact) mass is 267 g/mol. The van der Waals surface area contributed by atoms with Gasteiger partial charge in [0, 0.05) is 19.3 Å². The Balaban J connectivity index is 1.88. The van der Waals surface area contributed by atoms with Crippen LogP contribution in [0.25, 0.3) is 0 Å². The normalized spacial score (nSPS) is 20.3. The molecule has 100 valence electrons. The van der Waals surface area contributed by atoms with Gasteiger partial charge in [-0.2, -0.15) is 0 Å². The number of hydrogen-bond donors (Lipinski definition) is 1. The Morgan fingerprint density at radius 1 is 1.56 bits per heavy atom. The summed E-state index contributed by atoms with van der Waals surface area (Å²) in [7, 11) is 0. The van der Waals surface area contributed by atoms with Crippen LogP contribution in [-0.4, -0.2) is 36.1 Å². The third kappa shape index (κ3) is 4.23. The van der Waals surface area contributed by atoms with E-state index in [0.29, 0.717) is 5.15 Å². The zero-order chi connectivity index (χ0) is 12.8. The molecule has 0 bridgehead atoms. The van der Waals surface area contributed by atoms with Crippen molar-refractivity contribution in [3.8, 4) is 0 Å². The molecular weight excluding hydrogens is 246 g/mol. The van der Waals surface area contributed by atoms with Gasteiger partial charge < -0.3 is 5.32 Å². The summed E-state index contributed by atoms with van der Waals surface area (Å²) in [4.78, 5) is 6.51. The topological polar surface area (TPSA) is 28.2 Å². The van der Waals surface area contributed by atoms with Gasteiger partial charge in [-0.15, -0.1) is 0 Å². The van der Waals surface area contributed by atoms with Crippen LogP contribution in [0.2, 0.25) is 5.15 Å². The van der Waals surface area contributed by atoms with Crippen LogP contribution in [0.3, 0.4) is 0 Å². The molecule has 2 heterocycles.